The van der Waals surface area contributed by atoms with Gasteiger partial charge in [0.25, 0.3) is 0 Å². The molecule has 1 aliphatic carbocycles. The summed E-state index contributed by atoms with van der Waals surface area (Å²) in [5.74, 6) is 8.04. The van der Waals surface area contributed by atoms with Crippen molar-refractivity contribution in [2.75, 3.05) is 6.16 Å². The summed E-state index contributed by atoms with van der Waals surface area (Å²) in [6.07, 6.45) is 1.41. The van der Waals surface area contributed by atoms with E-state index in [1.807, 2.05) is 0 Å². The average Bonchev–Trinajstić information content (AvgIpc) is 2.72. The molecule has 0 spiro atoms. The molecule has 2 nitrogen and oxygen atoms in total. The summed E-state index contributed by atoms with van der Waals surface area (Å²) in [4.78, 5) is 1.08. The monoisotopic (exact) mass is 541 g/mol. The number of rotatable bonds is 7. The summed E-state index contributed by atoms with van der Waals surface area (Å²) in [5.41, 5.74) is 0. The summed E-state index contributed by atoms with van der Waals surface area (Å²) in [5, 5.41) is 0. The van der Waals surface area contributed by atoms with Gasteiger partial charge >= 0.3 is 22.6 Å². The Morgan fingerprint density at radius 1 is 0.700 bits per heavy atom. The first-order chi connectivity index (χ1) is 13.0. The molecular weight excluding hydrogens is 498 g/mol. The fourth-order valence-corrected chi connectivity index (χ4v) is 48.8. The minimum Gasteiger partial charge on any atom is 0 e. The van der Waals surface area contributed by atoms with Crippen molar-refractivity contribution in [1.29, 1.82) is 0 Å². The topological polar surface area (TPSA) is 39.8 Å². The van der Waals surface area contributed by atoms with Crippen LogP contribution in [0.1, 0.15) is 27.7 Å². The van der Waals surface area contributed by atoms with Crippen LogP contribution in [0.5, 0.6) is 0 Å². The van der Waals surface area contributed by atoms with E-state index < -0.39 is 23.9 Å². The molecule has 0 saturated heterocycles. The van der Waals surface area contributed by atoms with Crippen LogP contribution in [-0.4, -0.2) is 35.0 Å². The first kappa shape index (κ1) is 36.1. The van der Waals surface area contributed by atoms with Gasteiger partial charge in [-0.05, 0) is 40.7 Å². The standard InChI is InChI=1S/C20H43P2Si3.2CO.Fe/c1-15-16(2)18(4)19(17(15)3)14-22(21-25(11,12)13)20(23(5,6)7)24(8,9)10;2*1-2;/h20-21H,14H2,1-13H3;;;. The summed E-state index contributed by atoms with van der Waals surface area (Å²) in [7, 11) is -1.98. The van der Waals surface area contributed by atoms with Crippen molar-refractivity contribution >= 4 is 39.3 Å². The molecule has 1 aliphatic rings. The quantitative estimate of drug-likeness (QED) is 0.136. The molecule has 0 aliphatic heterocycles. The van der Waals surface area contributed by atoms with Crippen LogP contribution in [0.4, 0.5) is 0 Å². The minimum atomic E-state index is -1.16. The molecular formula is C22H43FeO2P2Si3. The van der Waals surface area contributed by atoms with Crippen molar-refractivity contribution in [3.8, 4) is 0 Å². The molecule has 0 aromatic carbocycles. The van der Waals surface area contributed by atoms with Gasteiger partial charge in [-0.1, -0.05) is 94.2 Å². The van der Waals surface area contributed by atoms with Crippen LogP contribution in [0, 0.1) is 42.9 Å². The van der Waals surface area contributed by atoms with Crippen LogP contribution < -0.4 is 0 Å². The van der Waals surface area contributed by atoms with E-state index in [2.05, 4.69) is 99.9 Å². The summed E-state index contributed by atoms with van der Waals surface area (Å²) < 4.78 is 15.0. The zero-order valence-corrected chi connectivity index (χ0v) is 27.4. The SMILES string of the molecule is C[C]1[C](C)[C](C)[C](CP(P[Si](C)(C)C)C([Si](C)(C)C)[Si](C)(C)C)[C]1C.[C-]#[O+].[C-]#[O+].[Fe]. The maximum Gasteiger partial charge on any atom is 0 e. The van der Waals surface area contributed by atoms with Crippen molar-refractivity contribution in [2.45, 2.75) is 91.5 Å². The smallest absolute Gasteiger partial charge is 0 e. The van der Waals surface area contributed by atoms with Crippen LogP contribution in [-0.2, 0) is 26.4 Å². The third-order valence-corrected chi connectivity index (χ3v) is 36.9. The molecule has 2 unspecified atom stereocenters. The van der Waals surface area contributed by atoms with E-state index in [9.17, 15) is 0 Å². The summed E-state index contributed by atoms with van der Waals surface area (Å²) in [6.45, 7) is 42.2. The molecule has 0 heterocycles. The fourth-order valence-electron chi connectivity index (χ4n) is 4.56. The zero-order chi connectivity index (χ0) is 24.0. The van der Waals surface area contributed by atoms with Crippen LogP contribution in [0.15, 0.2) is 0 Å². The van der Waals surface area contributed by atoms with Gasteiger partial charge in [-0.2, -0.15) is 0 Å². The minimum absolute atomic E-state index is 0. The normalized spacial score (nSPS) is 19.1. The molecule has 0 aromatic heterocycles. The van der Waals surface area contributed by atoms with Gasteiger partial charge in [-0.25, -0.2) is 0 Å². The Kier molecular flexibility index (Phi) is 17.7. The molecule has 0 bridgehead atoms. The Morgan fingerprint density at radius 2 is 1.00 bits per heavy atom. The zero-order valence-electron chi connectivity index (χ0n) is 21.4. The van der Waals surface area contributed by atoms with Crippen molar-refractivity contribution in [3.05, 3.63) is 42.9 Å². The molecule has 1 fully saturated rings. The van der Waals surface area contributed by atoms with E-state index in [0.717, 1.165) is 4.91 Å². The fraction of sp³-hybridized carbons (Fsp3) is 0.682. The van der Waals surface area contributed by atoms with Gasteiger partial charge in [0.05, 0.1) is 7.74 Å². The van der Waals surface area contributed by atoms with E-state index in [0.29, 0.717) is 0 Å². The second kappa shape index (κ2) is 14.7. The largest absolute Gasteiger partial charge is 0 e. The van der Waals surface area contributed by atoms with Crippen LogP contribution in [0.2, 0.25) is 58.9 Å². The molecule has 173 valence electrons. The van der Waals surface area contributed by atoms with Crippen molar-refractivity contribution < 1.29 is 26.4 Å². The van der Waals surface area contributed by atoms with Gasteiger partial charge < -0.3 is 0 Å². The van der Waals surface area contributed by atoms with Gasteiger partial charge in [-0.3, -0.25) is 0 Å². The molecule has 2 atom stereocenters. The Bertz CT molecular complexity index is 490. The van der Waals surface area contributed by atoms with Gasteiger partial charge in [0.1, 0.15) is 0 Å². The van der Waals surface area contributed by atoms with Crippen molar-refractivity contribution in [3.63, 3.8) is 0 Å². The van der Waals surface area contributed by atoms with E-state index >= 15 is 0 Å². The summed E-state index contributed by atoms with van der Waals surface area (Å²) in [6, 6.07) is 0. The molecule has 8 heteroatoms. The Labute approximate surface area is 205 Å². The third kappa shape index (κ3) is 11.1. The molecule has 0 amide bonds. The molecule has 30 heavy (non-hydrogen) atoms. The second-order valence-corrected chi connectivity index (χ2v) is 38.7. The Morgan fingerprint density at radius 3 is 1.23 bits per heavy atom. The van der Waals surface area contributed by atoms with E-state index in [1.54, 1.807) is 29.6 Å². The van der Waals surface area contributed by atoms with E-state index in [1.165, 1.54) is 14.0 Å². The first-order valence-electron chi connectivity index (χ1n) is 10.1. The van der Waals surface area contributed by atoms with Crippen molar-refractivity contribution in [1.82, 2.24) is 0 Å². The van der Waals surface area contributed by atoms with Crippen LogP contribution in [0.3, 0.4) is 0 Å². The van der Waals surface area contributed by atoms with Gasteiger partial charge in [0.15, 0.2) is 0 Å². The predicted molar refractivity (Wildman–Crippen MR) is 141 cm³/mol. The maximum absolute atomic E-state index is 7.50. The predicted octanol–water partition coefficient (Wildman–Crippen LogP) is 7.91. The van der Waals surface area contributed by atoms with E-state index in [4.69, 9.17) is 9.30 Å². The van der Waals surface area contributed by atoms with Crippen LogP contribution >= 0.6 is 15.4 Å². The van der Waals surface area contributed by atoms with Gasteiger partial charge in [0.2, 0.25) is 0 Å². The molecule has 5 radical (unpaired) electrons. The Balaban J connectivity index is -0.00000137. The average molecular weight is 542 g/mol. The molecule has 0 N–H and O–H groups in total. The molecule has 1 saturated carbocycles. The number of hydrogen-bond acceptors (Lipinski definition) is 0. The molecule has 1 rings (SSSR count). The van der Waals surface area contributed by atoms with Gasteiger partial charge in [0, 0.05) is 33.2 Å². The second-order valence-electron chi connectivity index (χ2n) is 11.1. The maximum atomic E-state index is 7.50. The van der Waals surface area contributed by atoms with E-state index in [-0.39, 0.29) is 24.7 Å². The van der Waals surface area contributed by atoms with Gasteiger partial charge in [-0.15, -0.1) is 7.82 Å². The first-order valence-corrected chi connectivity index (χ1v) is 25.2. The third-order valence-electron chi connectivity index (χ3n) is 5.35. The van der Waals surface area contributed by atoms with Crippen LogP contribution in [0.25, 0.3) is 0 Å². The Hall–Kier alpha value is 1.51. The van der Waals surface area contributed by atoms with Crippen molar-refractivity contribution in [2.24, 2.45) is 0 Å². The summed E-state index contributed by atoms with van der Waals surface area (Å²) >= 11 is 0. The number of hydrogen-bond donors (Lipinski definition) is 0. The molecule has 0 aromatic rings.